The topological polar surface area (TPSA) is 65.8 Å². The fourth-order valence-corrected chi connectivity index (χ4v) is 3.66. The zero-order valence-corrected chi connectivity index (χ0v) is 13.4. The summed E-state index contributed by atoms with van der Waals surface area (Å²) in [6.45, 7) is 7.67. The smallest absolute Gasteiger partial charge is 0.325 e. The second-order valence-electron chi connectivity index (χ2n) is 6.32. The fraction of sp³-hybridized carbons (Fsp3) is 0.211. The maximum atomic E-state index is 12.7. The molecule has 124 valence electrons. The van der Waals surface area contributed by atoms with E-state index in [9.17, 15) is 9.59 Å². The first-order valence-corrected chi connectivity index (χ1v) is 8.04. The van der Waals surface area contributed by atoms with Crippen molar-refractivity contribution in [1.29, 1.82) is 0 Å². The average Bonchev–Trinajstić information content (AvgIpc) is 3.16. The maximum absolute atomic E-state index is 12.7. The minimum Gasteiger partial charge on any atom is -0.325 e. The van der Waals surface area contributed by atoms with Crippen molar-refractivity contribution in [3.8, 4) is 0 Å². The van der Waals surface area contributed by atoms with Gasteiger partial charge in [-0.3, -0.25) is 14.5 Å². The number of amides is 3. The molecular weight excluding hydrogens is 316 g/mol. The fourth-order valence-electron chi connectivity index (χ4n) is 3.66. The summed E-state index contributed by atoms with van der Waals surface area (Å²) < 4.78 is 0. The van der Waals surface area contributed by atoms with Crippen molar-refractivity contribution >= 4 is 23.3 Å². The van der Waals surface area contributed by atoms with Gasteiger partial charge in [-0.2, -0.15) is 0 Å². The van der Waals surface area contributed by atoms with Gasteiger partial charge in [0.25, 0.3) is 0 Å². The van der Waals surface area contributed by atoms with Gasteiger partial charge in [0, 0.05) is 17.9 Å². The van der Waals surface area contributed by atoms with Gasteiger partial charge < -0.3 is 10.6 Å². The number of nitrogens with one attached hydrogen (secondary N) is 2. The van der Waals surface area contributed by atoms with E-state index in [4.69, 9.17) is 6.57 Å². The molecule has 4 rings (SSSR count). The molecular formula is C19H16N4O2. The Labute approximate surface area is 145 Å². The molecule has 2 aromatic carbocycles. The van der Waals surface area contributed by atoms with Crippen molar-refractivity contribution in [1.82, 2.24) is 4.90 Å². The van der Waals surface area contributed by atoms with E-state index in [-0.39, 0.29) is 18.5 Å². The van der Waals surface area contributed by atoms with Crippen LogP contribution in [-0.4, -0.2) is 29.5 Å². The average molecular weight is 332 g/mol. The van der Waals surface area contributed by atoms with Gasteiger partial charge in [0.05, 0.1) is 6.42 Å². The highest BCUT2D eigenvalue weighted by Crippen LogP contribution is 2.46. The quantitative estimate of drug-likeness (QED) is 0.788. The first-order valence-electron chi connectivity index (χ1n) is 8.04. The van der Waals surface area contributed by atoms with Crippen LogP contribution in [0.5, 0.6) is 0 Å². The molecule has 0 saturated carbocycles. The lowest BCUT2D eigenvalue weighted by Crippen LogP contribution is -2.41. The molecule has 2 atom stereocenters. The number of likely N-dealkylation sites (tertiary alicyclic amines) is 1. The Bertz CT molecular complexity index is 890. The highest BCUT2D eigenvalue weighted by Gasteiger charge is 2.58. The summed E-state index contributed by atoms with van der Waals surface area (Å²) in [6, 6.07) is 16.2. The molecule has 0 radical (unpaired) electrons. The molecule has 6 nitrogen and oxygen atoms in total. The lowest BCUT2D eigenvalue weighted by Gasteiger charge is -2.21. The Hall–Kier alpha value is -3.33. The predicted molar refractivity (Wildman–Crippen MR) is 93.9 cm³/mol. The first kappa shape index (κ1) is 15.2. The molecule has 25 heavy (non-hydrogen) atoms. The molecule has 1 saturated heterocycles. The Morgan fingerprint density at radius 1 is 1.20 bits per heavy atom. The third-order valence-electron chi connectivity index (χ3n) is 4.89. The van der Waals surface area contributed by atoms with Gasteiger partial charge in [-0.1, -0.05) is 36.4 Å². The van der Waals surface area contributed by atoms with E-state index in [1.54, 1.807) is 12.1 Å². The van der Waals surface area contributed by atoms with Crippen LogP contribution in [-0.2, 0) is 10.2 Å². The number of rotatable bonds is 1. The highest BCUT2D eigenvalue weighted by atomic mass is 16.2. The predicted octanol–water partition coefficient (Wildman–Crippen LogP) is 3.06. The lowest BCUT2D eigenvalue weighted by atomic mass is 9.80. The van der Waals surface area contributed by atoms with Crippen LogP contribution in [0.2, 0.25) is 0 Å². The SMILES string of the molecule is [C-]#[N+][C@@H]1C[C@@]2(CN1C(=O)Nc1ccccc1)C(=O)Nc1ccccc12. The number of para-hydroxylation sites is 2. The van der Waals surface area contributed by atoms with Crippen LogP contribution in [0.3, 0.4) is 0 Å². The van der Waals surface area contributed by atoms with Crippen molar-refractivity contribution in [2.24, 2.45) is 0 Å². The minimum absolute atomic E-state index is 0.141. The van der Waals surface area contributed by atoms with Gasteiger partial charge in [0.1, 0.15) is 5.41 Å². The molecule has 2 aromatic rings. The van der Waals surface area contributed by atoms with Gasteiger partial charge in [0.15, 0.2) is 0 Å². The number of urea groups is 1. The summed E-state index contributed by atoms with van der Waals surface area (Å²) in [7, 11) is 0. The summed E-state index contributed by atoms with van der Waals surface area (Å²) in [6.07, 6.45) is -0.359. The van der Waals surface area contributed by atoms with Crippen LogP contribution in [0, 0.1) is 6.57 Å². The monoisotopic (exact) mass is 332 g/mol. The highest BCUT2D eigenvalue weighted by molar-refractivity contribution is 6.07. The van der Waals surface area contributed by atoms with Crippen LogP contribution in [0.1, 0.15) is 12.0 Å². The lowest BCUT2D eigenvalue weighted by molar-refractivity contribution is -0.120. The number of carbonyl (C=O) groups excluding carboxylic acids is 2. The van der Waals surface area contributed by atoms with E-state index in [0.29, 0.717) is 12.1 Å². The number of carbonyl (C=O) groups is 2. The number of anilines is 2. The number of hydrogen-bond donors (Lipinski definition) is 2. The number of nitrogens with zero attached hydrogens (tertiary/aromatic N) is 2. The Balaban J connectivity index is 1.64. The molecule has 1 spiro atoms. The van der Waals surface area contributed by atoms with Crippen LogP contribution < -0.4 is 10.6 Å². The molecule has 3 amide bonds. The Kier molecular flexibility index (Phi) is 3.43. The van der Waals surface area contributed by atoms with E-state index >= 15 is 0 Å². The van der Waals surface area contributed by atoms with Crippen molar-refractivity contribution in [2.45, 2.75) is 18.0 Å². The molecule has 0 aliphatic carbocycles. The number of fused-ring (bicyclic) bond motifs is 2. The van der Waals surface area contributed by atoms with Gasteiger partial charge in [0.2, 0.25) is 5.91 Å². The van der Waals surface area contributed by atoms with E-state index in [1.165, 1.54) is 4.90 Å². The normalized spacial score (nSPS) is 23.9. The van der Waals surface area contributed by atoms with E-state index in [1.807, 2.05) is 42.5 Å². The van der Waals surface area contributed by atoms with Gasteiger partial charge >= 0.3 is 12.2 Å². The maximum Gasteiger partial charge on any atom is 0.327 e. The summed E-state index contributed by atoms with van der Waals surface area (Å²) >= 11 is 0. The van der Waals surface area contributed by atoms with Crippen LogP contribution in [0.25, 0.3) is 4.85 Å². The van der Waals surface area contributed by atoms with E-state index < -0.39 is 11.6 Å². The summed E-state index contributed by atoms with van der Waals surface area (Å²) in [5.74, 6) is -0.141. The zero-order valence-electron chi connectivity index (χ0n) is 13.4. The molecule has 2 heterocycles. The van der Waals surface area contributed by atoms with Crippen molar-refractivity contribution < 1.29 is 9.59 Å². The molecule has 2 N–H and O–H groups in total. The molecule has 2 aliphatic rings. The van der Waals surface area contributed by atoms with E-state index in [0.717, 1.165) is 11.3 Å². The molecule has 0 bridgehead atoms. The summed E-state index contributed by atoms with van der Waals surface area (Å²) in [4.78, 5) is 30.4. The third-order valence-corrected chi connectivity index (χ3v) is 4.89. The van der Waals surface area contributed by atoms with Crippen molar-refractivity contribution in [2.75, 3.05) is 17.2 Å². The van der Waals surface area contributed by atoms with Gasteiger partial charge in [-0.05, 0) is 23.8 Å². The minimum atomic E-state index is -0.847. The van der Waals surface area contributed by atoms with Crippen LogP contribution in [0.15, 0.2) is 54.6 Å². The Morgan fingerprint density at radius 3 is 2.68 bits per heavy atom. The van der Waals surface area contributed by atoms with Crippen LogP contribution >= 0.6 is 0 Å². The molecule has 6 heteroatoms. The third kappa shape index (κ3) is 2.32. The molecule has 0 unspecified atom stereocenters. The second kappa shape index (κ2) is 5.64. The van der Waals surface area contributed by atoms with Gasteiger partial charge in [-0.15, -0.1) is 0 Å². The zero-order chi connectivity index (χ0) is 17.4. The van der Waals surface area contributed by atoms with Gasteiger partial charge in [-0.25, -0.2) is 11.4 Å². The first-order chi connectivity index (χ1) is 12.1. The standard InChI is InChI=1S/C19H16N4O2/c1-20-16-11-19(14-9-5-6-10-15(14)22-17(19)24)12-23(16)18(25)21-13-7-3-2-4-8-13/h2-10,16H,11-12H2,(H,21,25)(H,22,24)/t16-,19-/m0/s1. The summed E-state index contributed by atoms with van der Waals surface area (Å²) in [5.41, 5.74) is 1.44. The molecule has 0 aromatic heterocycles. The molecule has 1 fully saturated rings. The number of benzene rings is 2. The summed E-state index contributed by atoms with van der Waals surface area (Å²) in [5, 5.41) is 5.69. The number of hydrogen-bond acceptors (Lipinski definition) is 2. The van der Waals surface area contributed by atoms with Crippen LogP contribution in [0.4, 0.5) is 16.2 Å². The van der Waals surface area contributed by atoms with Crippen molar-refractivity contribution in [3.05, 3.63) is 71.6 Å². The largest absolute Gasteiger partial charge is 0.327 e. The Morgan fingerprint density at radius 2 is 1.92 bits per heavy atom. The van der Waals surface area contributed by atoms with E-state index in [2.05, 4.69) is 15.5 Å². The molecule has 2 aliphatic heterocycles. The van der Waals surface area contributed by atoms with Crippen molar-refractivity contribution in [3.63, 3.8) is 0 Å². The second-order valence-corrected chi connectivity index (χ2v) is 6.32.